The van der Waals surface area contributed by atoms with Crippen LogP contribution in [0.25, 0.3) is 0 Å². The topological polar surface area (TPSA) is 50.6 Å². The van der Waals surface area contributed by atoms with E-state index in [0.29, 0.717) is 17.8 Å². The summed E-state index contributed by atoms with van der Waals surface area (Å²) in [5.74, 6) is 0.0309. The van der Waals surface area contributed by atoms with Gasteiger partial charge in [-0.15, -0.1) is 0 Å². The standard InChI is InChI=1S/C15H24N4O2/c1-11(2)19-6-7-21-14-4-5-18(9-13(14)19)15(20)12-8-17(3)10-16-12/h8,10-11,13-14H,4-7,9H2,1-3H3/t13-,14+/m1/s1. The van der Waals surface area contributed by atoms with Crippen molar-refractivity contribution in [1.82, 2.24) is 19.4 Å². The minimum atomic E-state index is 0.0309. The maximum Gasteiger partial charge on any atom is 0.274 e. The minimum absolute atomic E-state index is 0.0309. The van der Waals surface area contributed by atoms with E-state index in [1.807, 2.05) is 16.5 Å². The van der Waals surface area contributed by atoms with E-state index in [1.165, 1.54) is 0 Å². The first-order valence-corrected chi connectivity index (χ1v) is 7.71. The Morgan fingerprint density at radius 1 is 1.43 bits per heavy atom. The molecule has 2 atom stereocenters. The van der Waals surface area contributed by atoms with E-state index in [2.05, 4.69) is 23.7 Å². The first-order valence-electron chi connectivity index (χ1n) is 7.71. The fourth-order valence-corrected chi connectivity index (χ4v) is 3.41. The molecule has 2 aliphatic rings. The van der Waals surface area contributed by atoms with Crippen LogP contribution in [0.5, 0.6) is 0 Å². The molecule has 3 rings (SSSR count). The number of hydrogen-bond acceptors (Lipinski definition) is 4. The number of rotatable bonds is 2. The van der Waals surface area contributed by atoms with Gasteiger partial charge in [-0.2, -0.15) is 0 Å². The molecule has 0 aliphatic carbocycles. The predicted octanol–water partition coefficient (Wildman–Crippen LogP) is 0.744. The van der Waals surface area contributed by atoms with Crippen molar-refractivity contribution in [3.05, 3.63) is 18.2 Å². The molecule has 116 valence electrons. The van der Waals surface area contributed by atoms with E-state index in [0.717, 1.165) is 32.7 Å². The van der Waals surface area contributed by atoms with Gasteiger partial charge in [-0.25, -0.2) is 4.98 Å². The summed E-state index contributed by atoms with van der Waals surface area (Å²) < 4.78 is 7.71. The highest BCUT2D eigenvalue weighted by atomic mass is 16.5. The normalized spacial score (nSPS) is 27.0. The number of aromatic nitrogens is 2. The summed E-state index contributed by atoms with van der Waals surface area (Å²) in [6, 6.07) is 0.784. The van der Waals surface area contributed by atoms with Crippen LogP contribution in [-0.2, 0) is 11.8 Å². The summed E-state index contributed by atoms with van der Waals surface area (Å²) >= 11 is 0. The Balaban J connectivity index is 1.73. The van der Waals surface area contributed by atoms with Crippen molar-refractivity contribution in [2.45, 2.75) is 38.5 Å². The van der Waals surface area contributed by atoms with Crippen LogP contribution in [0.3, 0.4) is 0 Å². The number of hydrogen-bond donors (Lipinski definition) is 0. The van der Waals surface area contributed by atoms with Crippen LogP contribution in [0.15, 0.2) is 12.5 Å². The number of piperidine rings is 1. The lowest BCUT2D eigenvalue weighted by molar-refractivity contribution is -0.107. The smallest absolute Gasteiger partial charge is 0.274 e. The molecule has 0 saturated carbocycles. The second-order valence-corrected chi connectivity index (χ2v) is 6.27. The summed E-state index contributed by atoms with van der Waals surface area (Å²) in [7, 11) is 1.88. The molecule has 0 aromatic carbocycles. The number of fused-ring (bicyclic) bond motifs is 1. The largest absolute Gasteiger partial charge is 0.375 e. The third kappa shape index (κ3) is 2.82. The van der Waals surface area contributed by atoms with Crippen LogP contribution in [0.4, 0.5) is 0 Å². The van der Waals surface area contributed by atoms with Crippen LogP contribution in [-0.4, -0.2) is 69.7 Å². The number of carbonyl (C=O) groups excluding carboxylic acids is 1. The molecule has 6 heteroatoms. The average molecular weight is 292 g/mol. The number of amides is 1. The van der Waals surface area contributed by atoms with Crippen molar-refractivity contribution < 1.29 is 9.53 Å². The zero-order chi connectivity index (χ0) is 15.0. The molecular weight excluding hydrogens is 268 g/mol. The highest BCUT2D eigenvalue weighted by Gasteiger charge is 2.39. The van der Waals surface area contributed by atoms with Crippen LogP contribution in [0.2, 0.25) is 0 Å². The Kier molecular flexibility index (Phi) is 3.99. The lowest BCUT2D eigenvalue weighted by Gasteiger charge is -2.48. The number of ether oxygens (including phenoxy) is 1. The zero-order valence-electron chi connectivity index (χ0n) is 13.0. The molecule has 0 radical (unpaired) electrons. The summed E-state index contributed by atoms with van der Waals surface area (Å²) in [6.45, 7) is 7.66. The highest BCUT2D eigenvalue weighted by Crippen LogP contribution is 2.25. The van der Waals surface area contributed by atoms with Crippen molar-refractivity contribution in [2.24, 2.45) is 7.05 Å². The Labute approximate surface area is 125 Å². The van der Waals surface area contributed by atoms with E-state index >= 15 is 0 Å². The van der Waals surface area contributed by atoms with Crippen LogP contribution < -0.4 is 0 Å². The molecule has 2 fully saturated rings. The molecule has 2 aliphatic heterocycles. The molecular formula is C15H24N4O2. The monoisotopic (exact) mass is 292 g/mol. The number of nitrogens with zero attached hydrogens (tertiary/aromatic N) is 4. The number of carbonyl (C=O) groups is 1. The Hall–Kier alpha value is -1.40. The van der Waals surface area contributed by atoms with E-state index in [-0.39, 0.29) is 12.0 Å². The fraction of sp³-hybridized carbons (Fsp3) is 0.733. The molecule has 2 saturated heterocycles. The average Bonchev–Trinajstić information content (AvgIpc) is 2.91. The number of imidazole rings is 1. The predicted molar refractivity (Wildman–Crippen MR) is 79.1 cm³/mol. The van der Waals surface area contributed by atoms with Gasteiger partial charge in [-0.05, 0) is 20.3 Å². The molecule has 0 spiro atoms. The third-order valence-electron chi connectivity index (χ3n) is 4.50. The molecule has 6 nitrogen and oxygen atoms in total. The third-order valence-corrected chi connectivity index (χ3v) is 4.50. The molecule has 3 heterocycles. The van der Waals surface area contributed by atoms with Gasteiger partial charge < -0.3 is 14.2 Å². The van der Waals surface area contributed by atoms with E-state index < -0.39 is 0 Å². The first-order chi connectivity index (χ1) is 10.1. The van der Waals surface area contributed by atoms with Crippen molar-refractivity contribution in [3.8, 4) is 0 Å². The minimum Gasteiger partial charge on any atom is -0.375 e. The molecule has 1 aromatic heterocycles. The molecule has 21 heavy (non-hydrogen) atoms. The van der Waals surface area contributed by atoms with Gasteiger partial charge in [0, 0.05) is 38.9 Å². The number of aryl methyl sites for hydroxylation is 1. The van der Waals surface area contributed by atoms with Crippen LogP contribution >= 0.6 is 0 Å². The maximum atomic E-state index is 12.6. The lowest BCUT2D eigenvalue weighted by atomic mass is 9.97. The van der Waals surface area contributed by atoms with Gasteiger partial charge in [0.05, 0.1) is 25.1 Å². The molecule has 0 bridgehead atoms. The summed E-state index contributed by atoms with van der Waals surface area (Å²) in [6.07, 6.45) is 4.62. The van der Waals surface area contributed by atoms with Crippen LogP contribution in [0, 0.1) is 0 Å². The van der Waals surface area contributed by atoms with Crippen LogP contribution in [0.1, 0.15) is 30.8 Å². The molecule has 0 unspecified atom stereocenters. The van der Waals surface area contributed by atoms with E-state index in [4.69, 9.17) is 4.74 Å². The van der Waals surface area contributed by atoms with E-state index in [9.17, 15) is 4.79 Å². The van der Waals surface area contributed by atoms with Crippen molar-refractivity contribution in [2.75, 3.05) is 26.2 Å². The van der Waals surface area contributed by atoms with Crippen molar-refractivity contribution >= 4 is 5.91 Å². The van der Waals surface area contributed by atoms with Gasteiger partial charge in [-0.3, -0.25) is 9.69 Å². The second kappa shape index (κ2) is 5.77. The van der Waals surface area contributed by atoms with Gasteiger partial charge in [-0.1, -0.05) is 0 Å². The van der Waals surface area contributed by atoms with Crippen molar-refractivity contribution in [3.63, 3.8) is 0 Å². The zero-order valence-corrected chi connectivity index (χ0v) is 13.0. The molecule has 1 aromatic rings. The summed E-state index contributed by atoms with van der Waals surface area (Å²) in [5, 5.41) is 0. The quantitative estimate of drug-likeness (QED) is 0.807. The number of likely N-dealkylation sites (tertiary alicyclic amines) is 1. The Morgan fingerprint density at radius 2 is 2.24 bits per heavy atom. The summed E-state index contributed by atoms with van der Waals surface area (Å²) in [5.41, 5.74) is 0.531. The van der Waals surface area contributed by atoms with E-state index in [1.54, 1.807) is 12.5 Å². The SMILES string of the molecule is CC(C)N1CCO[C@H]2CCN(C(=O)c3cn(C)cn3)C[C@H]21. The molecule has 0 N–H and O–H groups in total. The molecule has 1 amide bonds. The van der Waals surface area contributed by atoms with Gasteiger partial charge in [0.25, 0.3) is 5.91 Å². The van der Waals surface area contributed by atoms with Gasteiger partial charge in [0.2, 0.25) is 0 Å². The maximum absolute atomic E-state index is 12.6. The second-order valence-electron chi connectivity index (χ2n) is 6.27. The fourth-order valence-electron chi connectivity index (χ4n) is 3.41. The Bertz CT molecular complexity index is 514. The van der Waals surface area contributed by atoms with Gasteiger partial charge >= 0.3 is 0 Å². The Morgan fingerprint density at radius 3 is 2.90 bits per heavy atom. The van der Waals surface area contributed by atoms with Crippen molar-refractivity contribution in [1.29, 1.82) is 0 Å². The first kappa shape index (κ1) is 14.5. The lowest BCUT2D eigenvalue weighted by Crippen LogP contribution is -2.62. The number of morpholine rings is 1. The summed E-state index contributed by atoms with van der Waals surface area (Å²) in [4.78, 5) is 21.1. The van der Waals surface area contributed by atoms with Gasteiger partial charge in [0.15, 0.2) is 0 Å². The highest BCUT2D eigenvalue weighted by molar-refractivity contribution is 5.92. The van der Waals surface area contributed by atoms with Gasteiger partial charge in [0.1, 0.15) is 5.69 Å².